The van der Waals surface area contributed by atoms with Crippen molar-refractivity contribution in [1.82, 2.24) is 14.6 Å². The van der Waals surface area contributed by atoms with Gasteiger partial charge < -0.3 is 5.32 Å². The fourth-order valence-corrected chi connectivity index (χ4v) is 5.98. The van der Waals surface area contributed by atoms with E-state index in [1.807, 2.05) is 26.1 Å². The van der Waals surface area contributed by atoms with Crippen molar-refractivity contribution in [1.29, 1.82) is 0 Å². The van der Waals surface area contributed by atoms with E-state index in [1.165, 1.54) is 19.3 Å². The monoisotopic (exact) mass is 324 g/mol. The van der Waals surface area contributed by atoms with Crippen LogP contribution in [-0.4, -0.2) is 20.5 Å². The lowest BCUT2D eigenvalue weighted by Crippen LogP contribution is -2.51. The van der Waals surface area contributed by atoms with Crippen LogP contribution in [0.3, 0.4) is 0 Å². The lowest BCUT2D eigenvalue weighted by molar-refractivity contribution is -0.140. The third-order valence-electron chi connectivity index (χ3n) is 6.50. The van der Waals surface area contributed by atoms with Crippen molar-refractivity contribution in [3.8, 4) is 0 Å². The first-order valence-corrected chi connectivity index (χ1v) is 9.16. The maximum absolute atomic E-state index is 13.2. The molecule has 5 heteroatoms. The van der Waals surface area contributed by atoms with Gasteiger partial charge in [0.25, 0.3) is 0 Å². The number of rotatable bonds is 2. The molecular formula is C19H24N4O. The Morgan fingerprint density at radius 3 is 2.42 bits per heavy atom. The quantitative estimate of drug-likeness (QED) is 0.920. The molecule has 0 saturated heterocycles. The molecule has 4 bridgehead atoms. The van der Waals surface area contributed by atoms with Gasteiger partial charge in [-0.1, -0.05) is 0 Å². The van der Waals surface area contributed by atoms with Crippen molar-refractivity contribution < 1.29 is 4.79 Å². The second kappa shape index (κ2) is 4.80. The van der Waals surface area contributed by atoms with E-state index in [9.17, 15) is 4.79 Å². The Hall–Kier alpha value is -1.91. The van der Waals surface area contributed by atoms with Gasteiger partial charge in [-0.15, -0.1) is 0 Å². The Kier molecular flexibility index (Phi) is 2.89. The van der Waals surface area contributed by atoms with Gasteiger partial charge in [-0.25, -0.2) is 9.50 Å². The summed E-state index contributed by atoms with van der Waals surface area (Å²) in [5.74, 6) is 3.33. The van der Waals surface area contributed by atoms with Gasteiger partial charge in [0, 0.05) is 0 Å². The maximum Gasteiger partial charge on any atom is 0.230 e. The van der Waals surface area contributed by atoms with Crippen LogP contribution in [0, 0.1) is 37.0 Å². The van der Waals surface area contributed by atoms with Crippen molar-refractivity contribution >= 4 is 17.2 Å². The first-order chi connectivity index (χ1) is 11.5. The molecule has 6 rings (SSSR count). The summed E-state index contributed by atoms with van der Waals surface area (Å²) in [6.45, 7) is 3.91. The molecule has 4 aliphatic rings. The predicted octanol–water partition coefficient (Wildman–Crippen LogP) is 3.50. The zero-order valence-electron chi connectivity index (χ0n) is 14.4. The van der Waals surface area contributed by atoms with E-state index < -0.39 is 0 Å². The number of nitrogens with one attached hydrogen (secondary N) is 1. The standard InChI is InChI=1S/C19H24N4O/c1-11-3-16(10-23-17(11)20-12(2)22-23)21-18(24)19-7-13-4-14(8-19)6-15(5-13)9-19/h3,10,13-15H,4-9H2,1-2H3,(H,21,24). The number of hydrogen-bond acceptors (Lipinski definition) is 3. The minimum atomic E-state index is -0.115. The molecule has 0 atom stereocenters. The Morgan fingerprint density at radius 2 is 1.79 bits per heavy atom. The summed E-state index contributed by atoms with van der Waals surface area (Å²) in [5.41, 5.74) is 2.63. The van der Waals surface area contributed by atoms with Crippen LogP contribution in [0.25, 0.3) is 5.65 Å². The van der Waals surface area contributed by atoms with E-state index in [1.54, 1.807) is 4.52 Å². The Labute approximate surface area is 141 Å². The molecule has 24 heavy (non-hydrogen) atoms. The van der Waals surface area contributed by atoms with Gasteiger partial charge in [0.2, 0.25) is 5.91 Å². The molecule has 2 heterocycles. The Balaban J connectivity index is 1.44. The van der Waals surface area contributed by atoms with E-state index in [0.29, 0.717) is 0 Å². The van der Waals surface area contributed by atoms with Crippen molar-refractivity contribution in [2.75, 3.05) is 5.32 Å². The number of amides is 1. The Morgan fingerprint density at radius 1 is 1.17 bits per heavy atom. The summed E-state index contributed by atoms with van der Waals surface area (Å²) in [6, 6.07) is 2.02. The SMILES string of the molecule is Cc1nc2c(C)cc(NC(=O)C34CC5CC(CC(C5)C3)C4)cn2n1. The summed E-state index contributed by atoms with van der Waals surface area (Å²) in [6.07, 6.45) is 9.24. The van der Waals surface area contributed by atoms with Gasteiger partial charge in [0.1, 0.15) is 5.82 Å². The number of aromatic nitrogens is 3. The molecular weight excluding hydrogens is 300 g/mol. The summed E-state index contributed by atoms with van der Waals surface area (Å²) < 4.78 is 1.78. The highest BCUT2D eigenvalue weighted by molar-refractivity contribution is 5.95. The molecule has 126 valence electrons. The molecule has 2 aromatic heterocycles. The fourth-order valence-electron chi connectivity index (χ4n) is 5.98. The minimum absolute atomic E-state index is 0.115. The molecule has 1 amide bonds. The van der Waals surface area contributed by atoms with Gasteiger partial charge in [0.15, 0.2) is 5.65 Å². The summed E-state index contributed by atoms with van der Waals surface area (Å²) in [5, 5.41) is 7.60. The third-order valence-corrected chi connectivity index (χ3v) is 6.50. The first-order valence-electron chi connectivity index (χ1n) is 9.16. The summed E-state index contributed by atoms with van der Waals surface area (Å²) in [7, 11) is 0. The number of carbonyl (C=O) groups is 1. The van der Waals surface area contributed by atoms with Crippen LogP contribution in [0.15, 0.2) is 12.3 Å². The maximum atomic E-state index is 13.2. The summed E-state index contributed by atoms with van der Waals surface area (Å²) in [4.78, 5) is 17.6. The molecule has 2 aromatic rings. The van der Waals surface area contributed by atoms with Gasteiger partial charge >= 0.3 is 0 Å². The lowest BCUT2D eigenvalue weighted by atomic mass is 9.49. The molecule has 4 fully saturated rings. The molecule has 5 nitrogen and oxygen atoms in total. The number of anilines is 1. The molecule has 0 radical (unpaired) electrons. The predicted molar refractivity (Wildman–Crippen MR) is 91.7 cm³/mol. The molecule has 0 spiro atoms. The van der Waals surface area contributed by atoms with Crippen LogP contribution in [0.4, 0.5) is 5.69 Å². The van der Waals surface area contributed by atoms with E-state index in [4.69, 9.17) is 0 Å². The van der Waals surface area contributed by atoms with Crippen LogP contribution in [0.5, 0.6) is 0 Å². The van der Waals surface area contributed by atoms with Crippen LogP contribution in [0.2, 0.25) is 0 Å². The average molecular weight is 324 g/mol. The molecule has 1 N–H and O–H groups in total. The average Bonchev–Trinajstić information content (AvgIpc) is 2.87. The lowest BCUT2D eigenvalue weighted by Gasteiger charge is -2.55. The zero-order chi connectivity index (χ0) is 16.5. The number of nitrogens with zero attached hydrogens (tertiary/aromatic N) is 3. The smallest absolute Gasteiger partial charge is 0.230 e. The minimum Gasteiger partial charge on any atom is -0.324 e. The van der Waals surface area contributed by atoms with Gasteiger partial charge in [0.05, 0.1) is 17.3 Å². The summed E-state index contributed by atoms with van der Waals surface area (Å²) >= 11 is 0. The highest BCUT2D eigenvalue weighted by atomic mass is 16.2. The van der Waals surface area contributed by atoms with E-state index in [-0.39, 0.29) is 11.3 Å². The molecule has 4 saturated carbocycles. The molecule has 4 aliphatic carbocycles. The number of fused-ring (bicyclic) bond motifs is 1. The van der Waals surface area contributed by atoms with E-state index in [0.717, 1.165) is 59.7 Å². The molecule has 0 aromatic carbocycles. The van der Waals surface area contributed by atoms with Crippen molar-refractivity contribution in [2.24, 2.45) is 23.2 Å². The fraction of sp³-hybridized carbons (Fsp3) is 0.632. The van der Waals surface area contributed by atoms with Gasteiger partial charge in [-0.3, -0.25) is 4.79 Å². The van der Waals surface area contributed by atoms with E-state index >= 15 is 0 Å². The van der Waals surface area contributed by atoms with Gasteiger partial charge in [-0.2, -0.15) is 5.10 Å². The number of carbonyl (C=O) groups excluding carboxylic acids is 1. The number of aryl methyl sites for hydroxylation is 2. The highest BCUT2D eigenvalue weighted by Crippen LogP contribution is 2.60. The zero-order valence-corrected chi connectivity index (χ0v) is 14.4. The van der Waals surface area contributed by atoms with Crippen molar-refractivity contribution in [3.05, 3.63) is 23.7 Å². The number of pyridine rings is 1. The third kappa shape index (κ3) is 2.10. The van der Waals surface area contributed by atoms with Crippen molar-refractivity contribution in [3.63, 3.8) is 0 Å². The van der Waals surface area contributed by atoms with E-state index in [2.05, 4.69) is 15.4 Å². The van der Waals surface area contributed by atoms with Crippen LogP contribution in [0.1, 0.15) is 49.9 Å². The number of hydrogen-bond donors (Lipinski definition) is 1. The second-order valence-corrected chi connectivity index (χ2v) is 8.49. The Bertz CT molecular complexity index is 802. The van der Waals surface area contributed by atoms with Gasteiger partial charge in [-0.05, 0) is 81.8 Å². The highest BCUT2D eigenvalue weighted by Gasteiger charge is 2.54. The van der Waals surface area contributed by atoms with Crippen LogP contribution >= 0.6 is 0 Å². The van der Waals surface area contributed by atoms with Crippen LogP contribution < -0.4 is 5.32 Å². The second-order valence-electron chi connectivity index (χ2n) is 8.49. The van der Waals surface area contributed by atoms with Crippen molar-refractivity contribution in [2.45, 2.75) is 52.4 Å². The molecule has 0 unspecified atom stereocenters. The molecule has 0 aliphatic heterocycles. The normalized spacial score (nSPS) is 34.0. The van der Waals surface area contributed by atoms with Crippen LogP contribution in [-0.2, 0) is 4.79 Å². The topological polar surface area (TPSA) is 59.3 Å². The first kappa shape index (κ1) is 14.4. The largest absolute Gasteiger partial charge is 0.324 e.